The van der Waals surface area contributed by atoms with Crippen molar-refractivity contribution in [2.75, 3.05) is 7.05 Å². The third kappa shape index (κ3) is 3.66. The molecule has 0 unspecified atom stereocenters. The lowest BCUT2D eigenvalue weighted by molar-refractivity contribution is 0.255. The Morgan fingerprint density at radius 3 is 2.57 bits per heavy atom. The maximum Gasteiger partial charge on any atom is 0.125 e. The summed E-state index contributed by atoms with van der Waals surface area (Å²) in [4.78, 5) is 2.05. The van der Waals surface area contributed by atoms with Gasteiger partial charge in [-0.1, -0.05) is 24.4 Å². The highest BCUT2D eigenvalue weighted by Gasteiger charge is 2.13. The number of nitriles is 1. The average Bonchev–Trinajstić information content (AvgIpc) is 2.50. The minimum absolute atomic E-state index is 0.235. The van der Waals surface area contributed by atoms with Gasteiger partial charge in [0, 0.05) is 12.2 Å². The van der Waals surface area contributed by atoms with Crippen LogP contribution in [-0.4, -0.2) is 16.5 Å². The van der Waals surface area contributed by atoms with E-state index in [1.165, 1.54) is 12.1 Å². The summed E-state index contributed by atoms with van der Waals surface area (Å²) >= 11 is 5.48. The van der Waals surface area contributed by atoms with Gasteiger partial charge in [0.1, 0.15) is 16.5 Å². The normalized spacial score (nSPS) is 10.8. The molecule has 0 atom stereocenters. The maximum absolute atomic E-state index is 13.3. The van der Waals surface area contributed by atoms with Gasteiger partial charge in [0.15, 0.2) is 0 Å². The van der Waals surface area contributed by atoms with Crippen LogP contribution in [0.5, 0.6) is 0 Å². The molecule has 0 saturated heterocycles. The second-order valence-corrected chi connectivity index (χ2v) is 6.23. The predicted octanol–water partition coefficient (Wildman–Crippen LogP) is 4.24. The quantitative estimate of drug-likeness (QED) is 0.786. The van der Waals surface area contributed by atoms with E-state index < -0.39 is 0 Å². The Hall–Kier alpha value is -2.03. The molecule has 0 radical (unpaired) electrons. The Kier molecular flexibility index (Phi) is 5.30. The fourth-order valence-electron chi connectivity index (χ4n) is 2.65. The van der Waals surface area contributed by atoms with Crippen LogP contribution >= 0.6 is 12.2 Å². The number of nitrogens with zero attached hydrogens (tertiary/aromatic N) is 3. The van der Waals surface area contributed by atoms with Crippen LogP contribution in [0.4, 0.5) is 4.39 Å². The smallest absolute Gasteiger partial charge is 0.125 e. The van der Waals surface area contributed by atoms with Crippen LogP contribution in [0.3, 0.4) is 0 Å². The van der Waals surface area contributed by atoms with E-state index in [4.69, 9.17) is 12.2 Å². The van der Waals surface area contributed by atoms with Gasteiger partial charge >= 0.3 is 0 Å². The van der Waals surface area contributed by atoms with Crippen molar-refractivity contribution >= 4 is 12.2 Å². The van der Waals surface area contributed by atoms with Gasteiger partial charge in [-0.25, -0.2) is 4.39 Å². The molecule has 1 heterocycles. The Labute approximate surface area is 141 Å². The van der Waals surface area contributed by atoms with Gasteiger partial charge in [-0.2, -0.15) is 5.26 Å². The Morgan fingerprint density at radius 2 is 1.96 bits per heavy atom. The minimum Gasteiger partial charge on any atom is -0.322 e. The SMILES string of the molecule is Cc1c(C)c(C)n(CN(C)Cc2cccc(F)c2)c(=S)c1C#N. The first-order valence-corrected chi connectivity index (χ1v) is 7.79. The molecule has 5 heteroatoms. The zero-order valence-corrected chi connectivity index (χ0v) is 14.7. The van der Waals surface area contributed by atoms with Crippen molar-refractivity contribution in [2.45, 2.75) is 34.0 Å². The Bertz CT molecular complexity index is 833. The van der Waals surface area contributed by atoms with Crippen molar-refractivity contribution in [1.82, 2.24) is 9.47 Å². The van der Waals surface area contributed by atoms with Gasteiger partial charge in [0.05, 0.1) is 12.2 Å². The van der Waals surface area contributed by atoms with E-state index in [0.717, 1.165) is 22.4 Å². The second kappa shape index (κ2) is 7.03. The van der Waals surface area contributed by atoms with Crippen LogP contribution in [0.15, 0.2) is 24.3 Å². The largest absolute Gasteiger partial charge is 0.322 e. The van der Waals surface area contributed by atoms with Crippen molar-refractivity contribution in [1.29, 1.82) is 5.26 Å². The molecule has 0 saturated carbocycles. The number of hydrogen-bond donors (Lipinski definition) is 0. The van der Waals surface area contributed by atoms with Gasteiger partial charge in [-0.15, -0.1) is 0 Å². The molecular formula is C18H20FN3S. The van der Waals surface area contributed by atoms with Gasteiger partial charge in [0.2, 0.25) is 0 Å². The highest BCUT2D eigenvalue weighted by molar-refractivity contribution is 7.71. The summed E-state index contributed by atoms with van der Waals surface area (Å²) < 4.78 is 15.8. The lowest BCUT2D eigenvalue weighted by atomic mass is 10.0. The van der Waals surface area contributed by atoms with Crippen molar-refractivity contribution in [3.63, 3.8) is 0 Å². The molecule has 0 fully saturated rings. The summed E-state index contributed by atoms with van der Waals surface area (Å²) in [5.74, 6) is -0.235. The monoisotopic (exact) mass is 329 g/mol. The lowest BCUT2D eigenvalue weighted by Gasteiger charge is -2.23. The van der Waals surface area contributed by atoms with Crippen LogP contribution in [0.25, 0.3) is 0 Å². The molecule has 0 aliphatic heterocycles. The molecule has 1 aromatic heterocycles. The summed E-state index contributed by atoms with van der Waals surface area (Å²) in [5.41, 5.74) is 4.54. The molecule has 3 nitrogen and oxygen atoms in total. The van der Waals surface area contributed by atoms with Crippen LogP contribution in [0.2, 0.25) is 0 Å². The second-order valence-electron chi connectivity index (χ2n) is 5.84. The van der Waals surface area contributed by atoms with Gasteiger partial charge < -0.3 is 4.57 Å². The van der Waals surface area contributed by atoms with Crippen LogP contribution in [-0.2, 0) is 13.2 Å². The first-order chi connectivity index (χ1) is 10.8. The molecule has 0 N–H and O–H groups in total. The van der Waals surface area contributed by atoms with E-state index in [0.29, 0.717) is 23.4 Å². The fourth-order valence-corrected chi connectivity index (χ4v) is 3.04. The number of aromatic nitrogens is 1. The third-order valence-electron chi connectivity index (χ3n) is 4.18. The Balaban J connectivity index is 2.32. The van der Waals surface area contributed by atoms with Crippen LogP contribution < -0.4 is 0 Å². The maximum atomic E-state index is 13.3. The summed E-state index contributed by atoms with van der Waals surface area (Å²) in [5, 5.41) is 9.35. The van der Waals surface area contributed by atoms with Crippen LogP contribution in [0, 0.1) is 42.6 Å². The number of rotatable bonds is 4. The molecule has 0 aliphatic rings. The molecule has 120 valence electrons. The zero-order valence-electron chi connectivity index (χ0n) is 13.9. The number of benzene rings is 1. The van der Waals surface area contributed by atoms with E-state index in [2.05, 4.69) is 6.07 Å². The van der Waals surface area contributed by atoms with E-state index in [1.807, 2.05) is 43.4 Å². The predicted molar refractivity (Wildman–Crippen MR) is 92.1 cm³/mol. The molecule has 2 aromatic rings. The summed E-state index contributed by atoms with van der Waals surface area (Å²) in [7, 11) is 1.95. The molecule has 0 bridgehead atoms. The average molecular weight is 329 g/mol. The summed E-state index contributed by atoms with van der Waals surface area (Å²) in [6, 6.07) is 8.78. The standard InChI is InChI=1S/C18H20FN3S/c1-12-13(2)17(9-20)18(23)22(14(12)3)11-21(4)10-15-6-5-7-16(19)8-15/h5-8H,10-11H2,1-4H3. The Morgan fingerprint density at radius 1 is 1.26 bits per heavy atom. The number of pyridine rings is 1. The zero-order chi connectivity index (χ0) is 17.1. The lowest BCUT2D eigenvalue weighted by Crippen LogP contribution is -2.24. The highest BCUT2D eigenvalue weighted by Crippen LogP contribution is 2.19. The number of halogens is 1. The van der Waals surface area contributed by atoms with Crippen molar-refractivity contribution < 1.29 is 4.39 Å². The first kappa shape index (κ1) is 17.3. The highest BCUT2D eigenvalue weighted by atomic mass is 32.1. The topological polar surface area (TPSA) is 32.0 Å². The summed E-state index contributed by atoms with van der Waals surface area (Å²) in [6.07, 6.45) is 0. The molecule has 0 amide bonds. The molecule has 1 aromatic carbocycles. The molecule has 0 spiro atoms. The van der Waals surface area contributed by atoms with E-state index in [-0.39, 0.29) is 5.82 Å². The fraction of sp³-hybridized carbons (Fsp3) is 0.333. The van der Waals surface area contributed by atoms with Gasteiger partial charge in [-0.3, -0.25) is 4.90 Å². The minimum atomic E-state index is -0.235. The first-order valence-electron chi connectivity index (χ1n) is 7.38. The van der Waals surface area contributed by atoms with E-state index >= 15 is 0 Å². The van der Waals surface area contributed by atoms with E-state index in [9.17, 15) is 9.65 Å². The molecular weight excluding hydrogens is 309 g/mol. The molecule has 2 rings (SSSR count). The van der Waals surface area contributed by atoms with Crippen molar-refractivity contribution in [2.24, 2.45) is 0 Å². The summed E-state index contributed by atoms with van der Waals surface area (Å²) in [6.45, 7) is 7.10. The van der Waals surface area contributed by atoms with Crippen molar-refractivity contribution in [3.8, 4) is 6.07 Å². The van der Waals surface area contributed by atoms with Crippen molar-refractivity contribution in [3.05, 3.63) is 62.7 Å². The van der Waals surface area contributed by atoms with Gasteiger partial charge in [0.25, 0.3) is 0 Å². The van der Waals surface area contributed by atoms with Crippen LogP contribution in [0.1, 0.15) is 27.9 Å². The molecule has 0 aliphatic carbocycles. The van der Waals surface area contributed by atoms with Gasteiger partial charge in [-0.05, 0) is 56.6 Å². The number of hydrogen-bond acceptors (Lipinski definition) is 3. The third-order valence-corrected chi connectivity index (χ3v) is 4.60. The van der Waals surface area contributed by atoms with E-state index in [1.54, 1.807) is 6.07 Å². The molecule has 23 heavy (non-hydrogen) atoms.